The van der Waals surface area contributed by atoms with Crippen molar-refractivity contribution in [1.82, 2.24) is 0 Å². The number of hydrogen-bond acceptors (Lipinski definition) is 5. The molecule has 0 heterocycles. The predicted octanol–water partition coefficient (Wildman–Crippen LogP) is 2.94. The maximum Gasteiger partial charge on any atom is 0.737 e. The number of rotatable bonds is 6. The summed E-state index contributed by atoms with van der Waals surface area (Å²) in [5.41, 5.74) is 0. The number of halogens is 4. The van der Waals surface area contributed by atoms with E-state index in [9.17, 15) is 13.6 Å². The summed E-state index contributed by atoms with van der Waals surface area (Å²) in [6, 6.07) is 9.98. The minimum Gasteiger partial charge on any atom is -0.185 e. The first-order valence-corrected chi connectivity index (χ1v) is 8.14. The molecule has 11 heteroatoms. The van der Waals surface area contributed by atoms with Crippen molar-refractivity contribution >= 4 is 78.3 Å². The molecule has 0 spiro atoms. The molecule has 120 valence electrons. The van der Waals surface area contributed by atoms with Gasteiger partial charge in [-0.15, -0.1) is 0 Å². The van der Waals surface area contributed by atoms with Crippen LogP contribution in [0.5, 0.6) is 5.75 Å². The third-order valence-corrected chi connectivity index (χ3v) is 4.20. The van der Waals surface area contributed by atoms with Crippen LogP contribution in [-0.2, 0) is 19.3 Å². The van der Waals surface area contributed by atoms with Gasteiger partial charge in [-0.25, -0.2) is 0 Å². The van der Waals surface area contributed by atoms with E-state index < -0.39 is 7.32 Å². The van der Waals surface area contributed by atoms with Crippen LogP contribution in [0, 0.1) is 0 Å². The Balaban J connectivity index is 0.000000322. The molecule has 0 unspecified atom stereocenters. The van der Waals surface area contributed by atoms with Crippen molar-refractivity contribution < 1.29 is 37.6 Å². The zero-order valence-corrected chi connectivity index (χ0v) is 16.1. The predicted molar refractivity (Wildman–Crippen MR) is 79.2 cm³/mol. The maximum absolute atomic E-state index is 10.4. The summed E-state index contributed by atoms with van der Waals surface area (Å²) >= 11 is 6.74. The number of ether oxygens (including phenoxy) is 2. The molecule has 5 nitrogen and oxygen atoms in total. The molecule has 0 aliphatic heterocycles. The molecule has 0 aliphatic rings. The van der Waals surface area contributed by atoms with E-state index in [1.807, 2.05) is 24.3 Å². The van der Waals surface area contributed by atoms with Crippen molar-refractivity contribution in [2.45, 2.75) is 0 Å². The first-order valence-electron chi connectivity index (χ1n) is 6.20. The molecule has 2 aromatic rings. The molecule has 0 aromatic heterocycles. The summed E-state index contributed by atoms with van der Waals surface area (Å²) < 4.78 is 42.9. The van der Waals surface area contributed by atoms with Gasteiger partial charge in [-0.05, 0) is 0 Å². The monoisotopic (exact) mass is 376 g/mol. The van der Waals surface area contributed by atoms with Gasteiger partial charge in [0.1, 0.15) is 0 Å². The van der Waals surface area contributed by atoms with Crippen LogP contribution in [0.15, 0.2) is 30.3 Å². The fourth-order valence-corrected chi connectivity index (χ4v) is 3.70. The quantitative estimate of drug-likeness (QED) is 0.573. The SMILES string of the molecule is COCOc1c[c]([K])c2c(Cl)cccc2c1.FOB(OF)OF. The van der Waals surface area contributed by atoms with Crippen LogP contribution in [0.2, 0.25) is 5.02 Å². The van der Waals surface area contributed by atoms with Gasteiger partial charge in [0, 0.05) is 0 Å². The molecule has 2 aromatic carbocycles. The molecule has 23 heavy (non-hydrogen) atoms. The molecule has 0 N–H and O–H groups in total. The molecule has 0 bridgehead atoms. The minimum atomic E-state index is -2.51. The van der Waals surface area contributed by atoms with Crippen molar-refractivity contribution in [3.63, 3.8) is 0 Å². The second-order valence-electron chi connectivity index (χ2n) is 4.18. The topological polar surface area (TPSA) is 46.2 Å². The van der Waals surface area contributed by atoms with Crippen molar-refractivity contribution in [3.8, 4) is 5.75 Å². The second kappa shape index (κ2) is 11.6. The first kappa shape index (κ1) is 21.2. The standard InChI is InChI=1S/C12H10ClO2.BF3O3.K/c1-14-8-15-10-5-6-11-9(7-10)3-2-4-12(11)13;2-5-1(6-3)7-4;/h2-5,7H,8H2,1H3;;. The van der Waals surface area contributed by atoms with Crippen LogP contribution in [-0.4, -0.2) is 70.2 Å². The van der Waals surface area contributed by atoms with E-state index >= 15 is 0 Å². The van der Waals surface area contributed by atoms with Crippen LogP contribution in [0.25, 0.3) is 10.8 Å². The van der Waals surface area contributed by atoms with Gasteiger partial charge in [-0.3, -0.25) is 0 Å². The van der Waals surface area contributed by atoms with Gasteiger partial charge in [0.05, 0.1) is 0 Å². The molecule has 0 aliphatic carbocycles. The number of methoxy groups -OCH3 is 1. The van der Waals surface area contributed by atoms with Crippen molar-refractivity contribution in [3.05, 3.63) is 35.4 Å². The fourth-order valence-electron chi connectivity index (χ4n) is 1.81. The Bertz CT molecular complexity index is 615. The van der Waals surface area contributed by atoms with Crippen LogP contribution >= 0.6 is 11.6 Å². The molecule has 0 saturated carbocycles. The number of hydrogen-bond donors (Lipinski definition) is 0. The van der Waals surface area contributed by atoms with E-state index in [4.69, 9.17) is 21.1 Å². The van der Waals surface area contributed by atoms with E-state index in [2.05, 4.69) is 20.6 Å². The summed E-state index contributed by atoms with van der Waals surface area (Å²) in [6.07, 6.45) is 0. The van der Waals surface area contributed by atoms with Crippen LogP contribution in [0.3, 0.4) is 0 Å². The Hall–Kier alpha value is 0.121. The summed E-state index contributed by atoms with van der Waals surface area (Å²) in [7, 11) is -0.900. The molecule has 0 fully saturated rings. The Morgan fingerprint density at radius 2 is 1.78 bits per heavy atom. The Morgan fingerprint density at radius 3 is 2.30 bits per heavy atom. The van der Waals surface area contributed by atoms with Crippen molar-refractivity contribution in [2.75, 3.05) is 13.9 Å². The number of fused-ring (bicyclic) bond motifs is 1. The summed E-state index contributed by atoms with van der Waals surface area (Å²) in [6.45, 7) is 0.276. The fraction of sp³-hybridized carbons (Fsp3) is 0.167. The van der Waals surface area contributed by atoms with Gasteiger partial charge in [0.2, 0.25) is 0 Å². The normalized spacial score (nSPS) is 10.2. The van der Waals surface area contributed by atoms with E-state index in [1.165, 1.54) is -0.342 Å². The maximum atomic E-state index is 10.4. The van der Waals surface area contributed by atoms with E-state index in [1.54, 1.807) is 7.11 Å². The van der Waals surface area contributed by atoms with Gasteiger partial charge < -0.3 is 0 Å². The largest absolute Gasteiger partial charge is 0.737 e. The van der Waals surface area contributed by atoms with Gasteiger partial charge in [0.15, 0.2) is 0 Å². The van der Waals surface area contributed by atoms with Crippen LogP contribution in [0.1, 0.15) is 0 Å². The smallest absolute Gasteiger partial charge is 0.185 e. The average molecular weight is 377 g/mol. The third kappa shape index (κ3) is 6.86. The first-order chi connectivity index (χ1) is 11.1. The van der Waals surface area contributed by atoms with Crippen LogP contribution < -0.4 is 4.39 Å². The minimum absolute atomic E-state index is 0.276. The summed E-state index contributed by atoms with van der Waals surface area (Å²) in [5.74, 6) is 0.847. The molecule has 2 rings (SSSR count). The average Bonchev–Trinajstić information content (AvgIpc) is 2.55. The summed E-state index contributed by atoms with van der Waals surface area (Å²) in [4.78, 5) is 7.06. The second-order valence-corrected chi connectivity index (χ2v) is 6.27. The molecular formula is C12H10BClF3KO5. The molecule has 0 amide bonds. The Kier molecular flexibility index (Phi) is 10.7. The number of benzene rings is 2. The zero-order chi connectivity index (χ0) is 17.2. The molecule has 0 radical (unpaired) electrons. The molecule has 0 atom stereocenters. The van der Waals surface area contributed by atoms with E-state index in [-0.39, 0.29) is 6.79 Å². The van der Waals surface area contributed by atoms with E-state index in [0.29, 0.717) is 49.0 Å². The van der Waals surface area contributed by atoms with Gasteiger partial charge in [0.25, 0.3) is 0 Å². The summed E-state index contributed by atoms with van der Waals surface area (Å²) in [5, 5.41) is 3.11. The van der Waals surface area contributed by atoms with Crippen molar-refractivity contribution in [2.24, 2.45) is 0 Å². The Labute approximate surface area is 169 Å². The third-order valence-electron chi connectivity index (χ3n) is 2.66. The Morgan fingerprint density at radius 1 is 1.13 bits per heavy atom. The van der Waals surface area contributed by atoms with Crippen molar-refractivity contribution in [1.29, 1.82) is 0 Å². The van der Waals surface area contributed by atoms with Gasteiger partial charge in [-0.2, -0.15) is 14.6 Å². The van der Waals surface area contributed by atoms with Gasteiger partial charge >= 0.3 is 143 Å². The molecular weight excluding hydrogens is 366 g/mol. The zero-order valence-electron chi connectivity index (χ0n) is 12.2. The van der Waals surface area contributed by atoms with Gasteiger partial charge in [-0.1, -0.05) is 13.6 Å². The van der Waals surface area contributed by atoms with E-state index in [0.717, 1.165) is 21.5 Å². The molecule has 0 saturated heterocycles. The van der Waals surface area contributed by atoms with Crippen LogP contribution in [0.4, 0.5) is 13.6 Å².